The summed E-state index contributed by atoms with van der Waals surface area (Å²) in [5.74, 6) is -0.0170. The van der Waals surface area contributed by atoms with Crippen molar-refractivity contribution in [3.8, 4) is 0 Å². The lowest BCUT2D eigenvalue weighted by Gasteiger charge is -2.18. The summed E-state index contributed by atoms with van der Waals surface area (Å²) >= 11 is 0. The third-order valence-electron chi connectivity index (χ3n) is 10.5. The summed E-state index contributed by atoms with van der Waals surface area (Å²) in [5, 5.41) is 0. The Labute approximate surface area is 329 Å². The molecule has 6 heteroatoms. The van der Waals surface area contributed by atoms with E-state index in [-0.39, 0.29) is 31.1 Å². The zero-order valence-electron chi connectivity index (χ0n) is 36.0. The van der Waals surface area contributed by atoms with Crippen molar-refractivity contribution in [1.29, 1.82) is 0 Å². The van der Waals surface area contributed by atoms with Crippen LogP contribution < -0.4 is 0 Å². The van der Waals surface area contributed by atoms with Crippen LogP contribution >= 0.6 is 0 Å². The minimum Gasteiger partial charge on any atom is -0.462 e. The Morgan fingerprint density at radius 1 is 0.358 bits per heavy atom. The standard InChI is InChI=1S/C47H90O6/c1-5-7-9-11-12-13-14-21-25-28-32-36-40-47(50)53-44(41-51-45(48)38-34-29-10-8-6-2)42-52-46(49)39-35-31-27-24-22-19-17-15-16-18-20-23-26-30-33-37-43(3)4/h43-44H,5-42H2,1-4H3/t44-/m0/s1. The quantitative estimate of drug-likeness (QED) is 0.0351. The fraction of sp³-hybridized carbons (Fsp3) is 0.936. The van der Waals surface area contributed by atoms with Gasteiger partial charge in [-0.05, 0) is 25.2 Å². The second-order valence-electron chi connectivity index (χ2n) is 16.5. The molecule has 0 bridgehead atoms. The molecular weight excluding hydrogens is 661 g/mol. The molecule has 0 aromatic heterocycles. The van der Waals surface area contributed by atoms with Crippen LogP contribution in [0.25, 0.3) is 0 Å². The van der Waals surface area contributed by atoms with E-state index in [4.69, 9.17) is 14.2 Å². The molecule has 0 unspecified atom stereocenters. The molecule has 0 aliphatic rings. The zero-order valence-corrected chi connectivity index (χ0v) is 36.0. The van der Waals surface area contributed by atoms with Crippen LogP contribution in [0.4, 0.5) is 0 Å². The minimum atomic E-state index is -0.757. The van der Waals surface area contributed by atoms with E-state index in [0.717, 1.165) is 70.1 Å². The van der Waals surface area contributed by atoms with Crippen molar-refractivity contribution >= 4 is 17.9 Å². The number of esters is 3. The minimum absolute atomic E-state index is 0.0644. The van der Waals surface area contributed by atoms with Gasteiger partial charge in [0.15, 0.2) is 6.10 Å². The summed E-state index contributed by atoms with van der Waals surface area (Å²) in [6, 6.07) is 0. The summed E-state index contributed by atoms with van der Waals surface area (Å²) in [6.45, 7) is 8.94. The smallest absolute Gasteiger partial charge is 0.306 e. The van der Waals surface area contributed by atoms with Crippen molar-refractivity contribution in [3.05, 3.63) is 0 Å². The lowest BCUT2D eigenvalue weighted by atomic mass is 10.0. The number of rotatable bonds is 42. The third kappa shape index (κ3) is 41.4. The van der Waals surface area contributed by atoms with Crippen molar-refractivity contribution in [2.45, 2.75) is 265 Å². The predicted octanol–water partition coefficient (Wildman–Crippen LogP) is 14.7. The normalized spacial score (nSPS) is 11.9. The number of carbonyl (C=O) groups is 3. The Kier molecular flexibility index (Phi) is 40.3. The summed E-state index contributed by atoms with van der Waals surface area (Å²) in [5.41, 5.74) is 0. The van der Waals surface area contributed by atoms with Crippen LogP contribution in [-0.2, 0) is 28.6 Å². The third-order valence-corrected chi connectivity index (χ3v) is 10.5. The summed E-state index contributed by atoms with van der Waals surface area (Å²) in [6.07, 6.45) is 41.2. The molecule has 6 nitrogen and oxygen atoms in total. The molecule has 314 valence electrons. The first-order chi connectivity index (χ1) is 25.9. The van der Waals surface area contributed by atoms with E-state index >= 15 is 0 Å². The molecule has 0 aromatic carbocycles. The van der Waals surface area contributed by atoms with Gasteiger partial charge in [-0.2, -0.15) is 0 Å². The van der Waals surface area contributed by atoms with Gasteiger partial charge in [-0.1, -0.05) is 220 Å². The van der Waals surface area contributed by atoms with Crippen LogP contribution in [0.2, 0.25) is 0 Å². The first kappa shape index (κ1) is 51.4. The number of unbranched alkanes of at least 4 members (excludes halogenated alkanes) is 29. The molecule has 53 heavy (non-hydrogen) atoms. The molecule has 0 fully saturated rings. The van der Waals surface area contributed by atoms with Gasteiger partial charge in [0.05, 0.1) is 0 Å². The van der Waals surface area contributed by atoms with E-state index in [1.165, 1.54) is 148 Å². The average molecular weight is 751 g/mol. The molecule has 0 aliphatic carbocycles. The average Bonchev–Trinajstić information content (AvgIpc) is 3.14. The molecular formula is C47H90O6. The van der Waals surface area contributed by atoms with Gasteiger partial charge in [-0.25, -0.2) is 0 Å². The van der Waals surface area contributed by atoms with Gasteiger partial charge in [-0.15, -0.1) is 0 Å². The Balaban J connectivity index is 4.12. The molecule has 0 aliphatic heterocycles. The van der Waals surface area contributed by atoms with Crippen LogP contribution in [0, 0.1) is 5.92 Å². The van der Waals surface area contributed by atoms with E-state index in [1.54, 1.807) is 0 Å². The van der Waals surface area contributed by atoms with Crippen LogP contribution in [-0.4, -0.2) is 37.2 Å². The van der Waals surface area contributed by atoms with Gasteiger partial charge in [0.25, 0.3) is 0 Å². The highest BCUT2D eigenvalue weighted by atomic mass is 16.6. The molecule has 0 radical (unpaired) electrons. The van der Waals surface area contributed by atoms with Crippen LogP contribution in [0.5, 0.6) is 0 Å². The van der Waals surface area contributed by atoms with Crippen molar-refractivity contribution in [2.75, 3.05) is 13.2 Å². The van der Waals surface area contributed by atoms with Crippen molar-refractivity contribution in [2.24, 2.45) is 5.92 Å². The van der Waals surface area contributed by atoms with E-state index in [1.807, 2.05) is 0 Å². The summed E-state index contributed by atoms with van der Waals surface area (Å²) in [4.78, 5) is 37.5. The second kappa shape index (κ2) is 41.6. The predicted molar refractivity (Wildman–Crippen MR) is 224 cm³/mol. The molecule has 1 atom stereocenters. The second-order valence-corrected chi connectivity index (χ2v) is 16.5. The van der Waals surface area contributed by atoms with Gasteiger partial charge < -0.3 is 14.2 Å². The molecule has 0 rings (SSSR count). The van der Waals surface area contributed by atoms with Gasteiger partial charge >= 0.3 is 17.9 Å². The maximum absolute atomic E-state index is 12.6. The van der Waals surface area contributed by atoms with Crippen molar-refractivity contribution in [1.82, 2.24) is 0 Å². The van der Waals surface area contributed by atoms with E-state index in [9.17, 15) is 14.4 Å². The number of hydrogen-bond donors (Lipinski definition) is 0. The Hall–Kier alpha value is -1.59. The van der Waals surface area contributed by atoms with Crippen LogP contribution in [0.15, 0.2) is 0 Å². The SMILES string of the molecule is CCCCCCCCCCCCCCC(=O)O[C@@H](COC(=O)CCCCCCC)COC(=O)CCCCCCCCCCCCCCCCCC(C)C. The molecule has 0 saturated heterocycles. The van der Waals surface area contributed by atoms with Crippen molar-refractivity contribution in [3.63, 3.8) is 0 Å². The fourth-order valence-corrected chi connectivity index (χ4v) is 6.98. The van der Waals surface area contributed by atoms with Crippen molar-refractivity contribution < 1.29 is 28.6 Å². The number of hydrogen-bond acceptors (Lipinski definition) is 6. The highest BCUT2D eigenvalue weighted by Crippen LogP contribution is 2.16. The first-order valence-corrected chi connectivity index (χ1v) is 23.4. The lowest BCUT2D eigenvalue weighted by molar-refractivity contribution is -0.167. The Morgan fingerprint density at radius 3 is 0.925 bits per heavy atom. The van der Waals surface area contributed by atoms with Gasteiger partial charge in [0, 0.05) is 19.3 Å². The van der Waals surface area contributed by atoms with Crippen LogP contribution in [0.1, 0.15) is 259 Å². The number of carbonyl (C=O) groups excluding carboxylic acids is 3. The van der Waals surface area contributed by atoms with E-state index in [2.05, 4.69) is 27.7 Å². The summed E-state index contributed by atoms with van der Waals surface area (Å²) < 4.78 is 16.6. The van der Waals surface area contributed by atoms with Gasteiger partial charge in [0.1, 0.15) is 13.2 Å². The Morgan fingerprint density at radius 2 is 0.623 bits per heavy atom. The molecule has 0 spiro atoms. The highest BCUT2D eigenvalue weighted by Gasteiger charge is 2.19. The molecule has 0 heterocycles. The van der Waals surface area contributed by atoms with Crippen LogP contribution in [0.3, 0.4) is 0 Å². The molecule has 0 N–H and O–H groups in total. The summed E-state index contributed by atoms with van der Waals surface area (Å²) in [7, 11) is 0. The maximum atomic E-state index is 12.6. The topological polar surface area (TPSA) is 78.9 Å². The maximum Gasteiger partial charge on any atom is 0.306 e. The largest absolute Gasteiger partial charge is 0.462 e. The fourth-order valence-electron chi connectivity index (χ4n) is 6.98. The van der Waals surface area contributed by atoms with Gasteiger partial charge in [0.2, 0.25) is 0 Å². The van der Waals surface area contributed by atoms with Gasteiger partial charge in [-0.3, -0.25) is 14.4 Å². The molecule has 0 amide bonds. The zero-order chi connectivity index (χ0) is 38.9. The number of ether oxygens (including phenoxy) is 3. The highest BCUT2D eigenvalue weighted by molar-refractivity contribution is 5.71. The van der Waals surface area contributed by atoms with E-state index in [0.29, 0.717) is 19.3 Å². The Bertz CT molecular complexity index is 796. The molecule has 0 aromatic rings. The van der Waals surface area contributed by atoms with E-state index < -0.39 is 6.10 Å². The first-order valence-electron chi connectivity index (χ1n) is 23.4. The lowest BCUT2D eigenvalue weighted by Crippen LogP contribution is -2.30. The monoisotopic (exact) mass is 751 g/mol. The molecule has 0 saturated carbocycles.